The molecule has 0 spiro atoms. The summed E-state index contributed by atoms with van der Waals surface area (Å²) < 4.78 is 26.9. The van der Waals surface area contributed by atoms with E-state index in [4.69, 9.17) is 5.11 Å². The zero-order valence-corrected chi connectivity index (χ0v) is 13.9. The molecule has 5 nitrogen and oxygen atoms in total. The summed E-state index contributed by atoms with van der Waals surface area (Å²) in [4.78, 5) is 2.36. The van der Waals surface area contributed by atoms with Crippen LogP contribution in [0.4, 0.5) is 0 Å². The molecule has 1 rings (SSSR count). The van der Waals surface area contributed by atoms with Gasteiger partial charge in [-0.25, -0.2) is 13.1 Å². The van der Waals surface area contributed by atoms with Gasteiger partial charge in [-0.05, 0) is 51.4 Å². The maximum Gasteiger partial charge on any atom is 0.240 e. The van der Waals surface area contributed by atoms with Crippen LogP contribution in [0.1, 0.15) is 25.8 Å². The Labute approximate surface area is 128 Å². The van der Waals surface area contributed by atoms with Gasteiger partial charge >= 0.3 is 0 Å². The smallest absolute Gasteiger partial charge is 0.240 e. The Bertz CT molecular complexity index is 512. The molecule has 0 aliphatic carbocycles. The van der Waals surface area contributed by atoms with E-state index in [0.717, 1.165) is 12.0 Å². The minimum atomic E-state index is -3.44. The van der Waals surface area contributed by atoms with Crippen LogP contribution in [0.2, 0.25) is 0 Å². The average molecular weight is 314 g/mol. The summed E-state index contributed by atoms with van der Waals surface area (Å²) in [5, 5.41) is 8.78. The molecule has 0 heterocycles. The van der Waals surface area contributed by atoms with Crippen LogP contribution in [0.25, 0.3) is 0 Å². The first-order chi connectivity index (χ1) is 9.86. The highest BCUT2D eigenvalue weighted by Crippen LogP contribution is 2.11. The molecule has 0 saturated carbocycles. The monoisotopic (exact) mass is 314 g/mol. The van der Waals surface area contributed by atoms with Crippen molar-refractivity contribution < 1.29 is 13.5 Å². The van der Waals surface area contributed by atoms with Crippen molar-refractivity contribution in [3.63, 3.8) is 0 Å². The van der Waals surface area contributed by atoms with Crippen molar-refractivity contribution in [1.29, 1.82) is 0 Å². The zero-order valence-electron chi connectivity index (χ0n) is 13.0. The second-order valence-corrected chi connectivity index (χ2v) is 7.21. The number of hydrogen-bond donors (Lipinski definition) is 2. The summed E-state index contributed by atoms with van der Waals surface area (Å²) >= 11 is 0. The highest BCUT2D eigenvalue weighted by Gasteiger charge is 2.13. The Morgan fingerprint density at radius 3 is 2.38 bits per heavy atom. The largest absolute Gasteiger partial charge is 0.396 e. The second-order valence-electron chi connectivity index (χ2n) is 5.44. The number of nitrogens with one attached hydrogen (secondary N) is 1. The van der Waals surface area contributed by atoms with Gasteiger partial charge < -0.3 is 10.0 Å². The molecular formula is C15H26N2O3S. The highest BCUT2D eigenvalue weighted by molar-refractivity contribution is 7.89. The van der Waals surface area contributed by atoms with Gasteiger partial charge in [0.25, 0.3) is 0 Å². The van der Waals surface area contributed by atoms with E-state index in [1.54, 1.807) is 24.3 Å². The fraction of sp³-hybridized carbons (Fsp3) is 0.600. The van der Waals surface area contributed by atoms with Crippen LogP contribution < -0.4 is 4.72 Å². The third kappa shape index (κ3) is 6.13. The lowest BCUT2D eigenvalue weighted by Gasteiger charge is -2.20. The zero-order chi connectivity index (χ0) is 15.9. The first kappa shape index (κ1) is 18.1. The molecule has 120 valence electrons. The fourth-order valence-corrected chi connectivity index (χ4v) is 2.84. The third-order valence-corrected chi connectivity index (χ3v) is 4.97. The highest BCUT2D eigenvalue weighted by atomic mass is 32.2. The normalized spacial score (nSPS) is 12.3. The lowest BCUT2D eigenvalue weighted by atomic mass is 10.1. The van der Waals surface area contributed by atoms with Crippen molar-refractivity contribution in [2.45, 2.75) is 37.6 Å². The van der Waals surface area contributed by atoms with Crippen LogP contribution in [0, 0.1) is 0 Å². The quantitative estimate of drug-likeness (QED) is 0.719. The summed E-state index contributed by atoms with van der Waals surface area (Å²) in [5.74, 6) is 0. The van der Waals surface area contributed by atoms with Gasteiger partial charge in [0.1, 0.15) is 0 Å². The first-order valence-electron chi connectivity index (χ1n) is 7.26. The molecule has 1 aromatic carbocycles. The minimum absolute atomic E-state index is 0.144. The Hall–Kier alpha value is -0.950. The Morgan fingerprint density at radius 1 is 1.24 bits per heavy atom. The van der Waals surface area contributed by atoms with Crippen LogP contribution in [0.5, 0.6) is 0 Å². The number of benzene rings is 1. The van der Waals surface area contributed by atoms with Gasteiger partial charge in [-0.15, -0.1) is 0 Å². The van der Waals surface area contributed by atoms with Gasteiger partial charge in [-0.1, -0.05) is 12.1 Å². The molecule has 0 atom stereocenters. The van der Waals surface area contributed by atoms with Crippen molar-refractivity contribution in [2.75, 3.05) is 26.7 Å². The van der Waals surface area contributed by atoms with Gasteiger partial charge in [-0.2, -0.15) is 0 Å². The summed E-state index contributed by atoms with van der Waals surface area (Å²) in [6, 6.07) is 7.21. The molecule has 0 aliphatic rings. The SMILES string of the molecule is CC(C)N(C)CCNS(=O)(=O)c1ccc(CCCO)cc1. The first-order valence-corrected chi connectivity index (χ1v) is 8.75. The Balaban J connectivity index is 2.57. The number of aryl methyl sites for hydroxylation is 1. The van der Waals surface area contributed by atoms with Crippen LogP contribution in [-0.2, 0) is 16.4 Å². The van der Waals surface area contributed by atoms with E-state index in [1.165, 1.54) is 0 Å². The number of aliphatic hydroxyl groups is 1. The molecule has 21 heavy (non-hydrogen) atoms. The van der Waals surface area contributed by atoms with Crippen molar-refractivity contribution in [2.24, 2.45) is 0 Å². The molecule has 0 aromatic heterocycles. The summed E-state index contributed by atoms with van der Waals surface area (Å²) in [5.41, 5.74) is 1.03. The lowest BCUT2D eigenvalue weighted by molar-refractivity contribution is 0.278. The van der Waals surface area contributed by atoms with Gasteiger partial charge in [0.15, 0.2) is 0 Å². The number of likely N-dealkylation sites (N-methyl/N-ethyl adjacent to an activating group) is 1. The number of sulfonamides is 1. The number of aliphatic hydroxyl groups excluding tert-OH is 1. The molecule has 0 aliphatic heterocycles. The molecule has 0 amide bonds. The predicted octanol–water partition coefficient (Wildman–Crippen LogP) is 1.23. The molecule has 2 N–H and O–H groups in total. The second kappa shape index (κ2) is 8.48. The minimum Gasteiger partial charge on any atom is -0.396 e. The van der Waals surface area contributed by atoms with E-state index in [-0.39, 0.29) is 11.5 Å². The van der Waals surface area contributed by atoms with Crippen LogP contribution in [0.3, 0.4) is 0 Å². The number of rotatable bonds is 9. The standard InChI is InChI=1S/C15H26N2O3S/c1-13(2)17(3)11-10-16-21(19,20)15-8-6-14(7-9-15)5-4-12-18/h6-9,13,16,18H,4-5,10-12H2,1-3H3. The average Bonchev–Trinajstić information content (AvgIpc) is 2.45. The van der Waals surface area contributed by atoms with Crippen LogP contribution in [-0.4, -0.2) is 51.2 Å². The summed E-state index contributed by atoms with van der Waals surface area (Å²) in [6.07, 6.45) is 1.44. The van der Waals surface area contributed by atoms with E-state index >= 15 is 0 Å². The molecular weight excluding hydrogens is 288 g/mol. The van der Waals surface area contributed by atoms with E-state index in [0.29, 0.717) is 25.6 Å². The number of hydrogen-bond acceptors (Lipinski definition) is 4. The van der Waals surface area contributed by atoms with Gasteiger partial charge in [-0.3, -0.25) is 0 Å². The Morgan fingerprint density at radius 2 is 1.86 bits per heavy atom. The van der Waals surface area contributed by atoms with Crippen molar-refractivity contribution in [1.82, 2.24) is 9.62 Å². The van der Waals surface area contributed by atoms with Crippen molar-refractivity contribution in [3.05, 3.63) is 29.8 Å². The van der Waals surface area contributed by atoms with E-state index < -0.39 is 10.0 Å². The van der Waals surface area contributed by atoms with E-state index in [1.807, 2.05) is 7.05 Å². The molecule has 0 radical (unpaired) electrons. The third-order valence-electron chi connectivity index (χ3n) is 3.50. The maximum absolute atomic E-state index is 12.1. The summed E-state index contributed by atoms with van der Waals surface area (Å²) in [7, 11) is -1.48. The molecule has 1 aromatic rings. The van der Waals surface area contributed by atoms with Crippen molar-refractivity contribution >= 4 is 10.0 Å². The fourth-order valence-electron chi connectivity index (χ4n) is 1.82. The predicted molar refractivity (Wildman–Crippen MR) is 84.8 cm³/mol. The van der Waals surface area contributed by atoms with Gasteiger partial charge in [0.2, 0.25) is 10.0 Å². The van der Waals surface area contributed by atoms with Gasteiger partial charge in [0, 0.05) is 25.7 Å². The molecule has 0 unspecified atom stereocenters. The molecule has 0 fully saturated rings. The topological polar surface area (TPSA) is 69.6 Å². The summed E-state index contributed by atoms with van der Waals surface area (Å²) in [6.45, 7) is 5.35. The van der Waals surface area contributed by atoms with E-state index in [2.05, 4.69) is 23.5 Å². The van der Waals surface area contributed by atoms with Gasteiger partial charge in [0.05, 0.1) is 4.90 Å². The van der Waals surface area contributed by atoms with E-state index in [9.17, 15) is 8.42 Å². The molecule has 0 bridgehead atoms. The van der Waals surface area contributed by atoms with Crippen molar-refractivity contribution in [3.8, 4) is 0 Å². The van der Waals surface area contributed by atoms with Crippen LogP contribution in [0.15, 0.2) is 29.2 Å². The van der Waals surface area contributed by atoms with Crippen LogP contribution >= 0.6 is 0 Å². The molecule has 0 saturated heterocycles. The molecule has 6 heteroatoms. The maximum atomic E-state index is 12.1. The number of nitrogens with zero attached hydrogens (tertiary/aromatic N) is 1. The lowest BCUT2D eigenvalue weighted by Crippen LogP contribution is -2.36. The Kier molecular flexibility index (Phi) is 7.31.